The van der Waals surface area contributed by atoms with Crippen LogP contribution < -0.4 is 0 Å². The molecule has 2 aliphatic rings. The lowest BCUT2D eigenvalue weighted by Crippen LogP contribution is -2.38. The Morgan fingerprint density at radius 3 is 2.27 bits per heavy atom. The number of allylic oxidation sites excluding steroid dienone is 1. The highest BCUT2D eigenvalue weighted by atomic mass is 16.6. The SMILES string of the molecule is COCCOC(=O)C1C(C)=NC(C)=C(C(=O)OCCN2C(=O)c3ccccc3C2=O)C1c1cccc([N+](=O)[O-])c1. The van der Waals surface area contributed by atoms with Gasteiger partial charge in [0.2, 0.25) is 0 Å². The highest BCUT2D eigenvalue weighted by Crippen LogP contribution is 2.41. The summed E-state index contributed by atoms with van der Waals surface area (Å²) in [5.41, 5.74) is 1.29. The van der Waals surface area contributed by atoms with Crippen molar-refractivity contribution in [1.82, 2.24) is 4.90 Å². The molecule has 2 atom stereocenters. The molecule has 208 valence electrons. The molecule has 2 unspecified atom stereocenters. The molecule has 2 amide bonds. The molecule has 0 bridgehead atoms. The van der Waals surface area contributed by atoms with Crippen LogP contribution in [0, 0.1) is 16.0 Å². The highest BCUT2D eigenvalue weighted by molar-refractivity contribution is 6.21. The molecule has 2 heterocycles. The van der Waals surface area contributed by atoms with Gasteiger partial charge in [0.1, 0.15) is 19.1 Å². The first-order valence-electron chi connectivity index (χ1n) is 12.4. The summed E-state index contributed by atoms with van der Waals surface area (Å²) >= 11 is 0. The molecule has 12 nitrogen and oxygen atoms in total. The van der Waals surface area contributed by atoms with E-state index in [0.29, 0.717) is 11.3 Å². The third-order valence-electron chi connectivity index (χ3n) is 6.70. The molecular formula is C28H27N3O9. The second kappa shape index (κ2) is 12.0. The van der Waals surface area contributed by atoms with E-state index in [1.807, 2.05) is 0 Å². The Kier molecular flexibility index (Phi) is 8.49. The normalized spacial score (nSPS) is 18.4. The number of non-ortho nitro benzene ring substituents is 1. The second-order valence-electron chi connectivity index (χ2n) is 9.16. The smallest absolute Gasteiger partial charge is 0.336 e. The van der Waals surface area contributed by atoms with Crippen molar-refractivity contribution >= 4 is 35.2 Å². The van der Waals surface area contributed by atoms with Crippen LogP contribution in [-0.4, -0.2) is 72.8 Å². The van der Waals surface area contributed by atoms with Crippen LogP contribution in [0.15, 0.2) is 64.8 Å². The van der Waals surface area contributed by atoms with Crippen LogP contribution in [0.5, 0.6) is 0 Å². The fraction of sp³-hybridized carbons (Fsp3) is 0.321. The molecular weight excluding hydrogens is 522 g/mol. The molecule has 0 saturated carbocycles. The van der Waals surface area contributed by atoms with Crippen molar-refractivity contribution in [3.63, 3.8) is 0 Å². The van der Waals surface area contributed by atoms with E-state index in [4.69, 9.17) is 14.2 Å². The summed E-state index contributed by atoms with van der Waals surface area (Å²) < 4.78 is 15.8. The third-order valence-corrected chi connectivity index (χ3v) is 6.70. The van der Waals surface area contributed by atoms with Gasteiger partial charge in [-0.3, -0.25) is 34.4 Å². The molecule has 0 N–H and O–H groups in total. The average Bonchev–Trinajstić information content (AvgIpc) is 3.17. The summed E-state index contributed by atoms with van der Waals surface area (Å²) in [5.74, 6) is -4.56. The number of ether oxygens (including phenoxy) is 3. The molecule has 40 heavy (non-hydrogen) atoms. The van der Waals surface area contributed by atoms with Crippen molar-refractivity contribution in [1.29, 1.82) is 0 Å². The van der Waals surface area contributed by atoms with Gasteiger partial charge in [-0.15, -0.1) is 0 Å². The van der Waals surface area contributed by atoms with E-state index >= 15 is 0 Å². The van der Waals surface area contributed by atoms with E-state index < -0.39 is 40.5 Å². The minimum absolute atomic E-state index is 0.0159. The zero-order chi connectivity index (χ0) is 29.0. The Balaban J connectivity index is 1.60. The highest BCUT2D eigenvalue weighted by Gasteiger charge is 2.43. The summed E-state index contributed by atoms with van der Waals surface area (Å²) in [4.78, 5) is 68.2. The van der Waals surface area contributed by atoms with Gasteiger partial charge in [-0.05, 0) is 31.5 Å². The first-order valence-corrected chi connectivity index (χ1v) is 12.4. The number of nitro groups is 1. The number of hydrogen-bond acceptors (Lipinski definition) is 10. The summed E-state index contributed by atoms with van der Waals surface area (Å²) in [5, 5.41) is 11.5. The number of esters is 2. The average molecular weight is 550 g/mol. The number of methoxy groups -OCH3 is 1. The van der Waals surface area contributed by atoms with Crippen molar-refractivity contribution in [2.24, 2.45) is 10.9 Å². The third kappa shape index (κ3) is 5.52. The number of nitro benzene ring substituents is 1. The lowest BCUT2D eigenvalue weighted by Gasteiger charge is -2.31. The van der Waals surface area contributed by atoms with Crippen molar-refractivity contribution in [2.45, 2.75) is 19.8 Å². The number of hydrogen-bond donors (Lipinski definition) is 0. The Labute approximate surface area is 229 Å². The number of fused-ring (bicyclic) bond motifs is 1. The predicted octanol–water partition coefficient (Wildman–Crippen LogP) is 3.07. The maximum Gasteiger partial charge on any atom is 0.336 e. The molecule has 4 rings (SSSR count). The Morgan fingerprint density at radius 2 is 1.65 bits per heavy atom. The molecule has 0 aromatic heterocycles. The van der Waals surface area contributed by atoms with Gasteiger partial charge in [0.25, 0.3) is 17.5 Å². The van der Waals surface area contributed by atoms with Crippen LogP contribution in [0.3, 0.4) is 0 Å². The van der Waals surface area contributed by atoms with E-state index in [1.54, 1.807) is 44.2 Å². The zero-order valence-electron chi connectivity index (χ0n) is 22.1. The minimum Gasteiger partial charge on any atom is -0.463 e. The Hall–Kier alpha value is -4.71. The lowest BCUT2D eigenvalue weighted by atomic mass is 9.75. The van der Waals surface area contributed by atoms with Crippen molar-refractivity contribution < 1.29 is 38.3 Å². The molecule has 0 radical (unpaired) electrons. The number of aliphatic imine (C=N–C) groups is 1. The summed E-state index contributed by atoms with van der Waals surface area (Å²) in [7, 11) is 1.45. The number of amides is 2. The predicted molar refractivity (Wildman–Crippen MR) is 141 cm³/mol. The first kappa shape index (κ1) is 28.3. The van der Waals surface area contributed by atoms with Gasteiger partial charge >= 0.3 is 11.9 Å². The lowest BCUT2D eigenvalue weighted by molar-refractivity contribution is -0.384. The van der Waals surface area contributed by atoms with Gasteiger partial charge in [0, 0.05) is 36.6 Å². The van der Waals surface area contributed by atoms with E-state index in [0.717, 1.165) is 4.90 Å². The number of carbonyl (C=O) groups excluding carboxylic acids is 4. The van der Waals surface area contributed by atoms with Crippen molar-refractivity contribution in [2.75, 3.05) is 33.5 Å². The van der Waals surface area contributed by atoms with Gasteiger partial charge < -0.3 is 14.2 Å². The topological polar surface area (TPSA) is 155 Å². The maximum atomic E-state index is 13.5. The number of nitrogens with zero attached hydrogens (tertiary/aromatic N) is 3. The zero-order valence-corrected chi connectivity index (χ0v) is 22.1. The molecule has 0 aliphatic carbocycles. The van der Waals surface area contributed by atoms with Gasteiger partial charge in [-0.2, -0.15) is 0 Å². The molecule has 0 fully saturated rings. The molecule has 2 aromatic carbocycles. The Morgan fingerprint density at radius 1 is 0.975 bits per heavy atom. The van der Waals surface area contributed by atoms with E-state index in [1.165, 1.54) is 25.3 Å². The summed E-state index contributed by atoms with van der Waals surface area (Å²) in [6.07, 6.45) is 0. The number of rotatable bonds is 10. The van der Waals surface area contributed by atoms with E-state index in [-0.39, 0.29) is 54.4 Å². The summed E-state index contributed by atoms with van der Waals surface area (Å²) in [6, 6.07) is 12.0. The standard InChI is InChI=1S/C28H27N3O9/c1-16-22(27(34)39-12-11-30-25(32)20-9-4-5-10-21(20)26(30)33)24(18-7-6-8-19(15-18)31(36)37)23(17(2)29-16)28(35)40-14-13-38-3/h4-10,15,23-24H,11-14H2,1-3H3. The largest absolute Gasteiger partial charge is 0.463 e. The van der Waals surface area contributed by atoms with Crippen LogP contribution >= 0.6 is 0 Å². The van der Waals surface area contributed by atoms with Crippen LogP contribution in [0.2, 0.25) is 0 Å². The second-order valence-corrected chi connectivity index (χ2v) is 9.16. The van der Waals surface area contributed by atoms with Gasteiger partial charge in [0.05, 0.1) is 34.8 Å². The fourth-order valence-corrected chi connectivity index (χ4v) is 4.86. The molecule has 0 saturated heterocycles. The van der Waals surface area contributed by atoms with Crippen LogP contribution in [0.25, 0.3) is 0 Å². The first-order chi connectivity index (χ1) is 19.1. The number of benzene rings is 2. The quantitative estimate of drug-likeness (QED) is 0.143. The van der Waals surface area contributed by atoms with E-state index in [2.05, 4.69) is 4.99 Å². The van der Waals surface area contributed by atoms with Crippen LogP contribution in [-0.2, 0) is 23.8 Å². The fourth-order valence-electron chi connectivity index (χ4n) is 4.86. The van der Waals surface area contributed by atoms with Gasteiger partial charge in [-0.25, -0.2) is 4.79 Å². The monoisotopic (exact) mass is 549 g/mol. The number of imide groups is 1. The van der Waals surface area contributed by atoms with Crippen LogP contribution in [0.4, 0.5) is 5.69 Å². The molecule has 12 heteroatoms. The van der Waals surface area contributed by atoms with Gasteiger partial charge in [-0.1, -0.05) is 24.3 Å². The van der Waals surface area contributed by atoms with Crippen LogP contribution in [0.1, 0.15) is 46.0 Å². The maximum absolute atomic E-state index is 13.5. The molecule has 2 aliphatic heterocycles. The van der Waals surface area contributed by atoms with Crippen molar-refractivity contribution in [3.05, 3.63) is 86.6 Å². The molecule has 2 aromatic rings. The Bertz CT molecular complexity index is 1410. The number of carbonyl (C=O) groups is 4. The van der Waals surface area contributed by atoms with Gasteiger partial charge in [0.15, 0.2) is 0 Å². The minimum atomic E-state index is -1.07. The summed E-state index contributed by atoms with van der Waals surface area (Å²) in [6.45, 7) is 2.80. The van der Waals surface area contributed by atoms with Crippen molar-refractivity contribution in [3.8, 4) is 0 Å². The van der Waals surface area contributed by atoms with E-state index in [9.17, 15) is 29.3 Å². The molecule has 0 spiro atoms.